The van der Waals surface area contributed by atoms with Crippen molar-refractivity contribution in [1.82, 2.24) is 4.90 Å². The van der Waals surface area contributed by atoms with Crippen molar-refractivity contribution in [1.29, 1.82) is 0 Å². The minimum atomic E-state index is -1.01. The Morgan fingerprint density at radius 2 is 1.84 bits per heavy atom. The van der Waals surface area contributed by atoms with Crippen LogP contribution in [0.15, 0.2) is 48.5 Å². The fourth-order valence-corrected chi connectivity index (χ4v) is 2.46. The van der Waals surface area contributed by atoms with Crippen LogP contribution < -0.4 is 10.5 Å². The Bertz CT molecular complexity index is 695. The topological polar surface area (TPSA) is 55.6 Å². The number of rotatable bonds is 8. The Hall–Kier alpha value is -2.47. The molecule has 1 amide bonds. The van der Waals surface area contributed by atoms with Crippen molar-refractivity contribution in [3.63, 3.8) is 0 Å². The van der Waals surface area contributed by atoms with E-state index in [1.807, 2.05) is 30.3 Å². The van der Waals surface area contributed by atoms with Gasteiger partial charge in [0.25, 0.3) is 5.91 Å². The van der Waals surface area contributed by atoms with Crippen LogP contribution in [0.3, 0.4) is 0 Å². The highest BCUT2D eigenvalue weighted by atomic mass is 19.2. The van der Waals surface area contributed by atoms with E-state index in [-0.39, 0.29) is 11.7 Å². The molecule has 2 rings (SSSR count). The van der Waals surface area contributed by atoms with Gasteiger partial charge in [0.15, 0.2) is 17.7 Å². The number of nitrogens with two attached hydrogens (primary N) is 1. The van der Waals surface area contributed by atoms with Crippen LogP contribution >= 0.6 is 0 Å². The number of hydrogen-bond donors (Lipinski definition) is 1. The highest BCUT2D eigenvalue weighted by molar-refractivity contribution is 5.81. The number of carbonyl (C=O) groups excluding carboxylic acids is 1. The van der Waals surface area contributed by atoms with Gasteiger partial charge >= 0.3 is 0 Å². The van der Waals surface area contributed by atoms with Crippen LogP contribution in [-0.2, 0) is 11.2 Å². The smallest absolute Gasteiger partial charge is 0.263 e. The normalized spacial score (nSPS) is 11.8. The van der Waals surface area contributed by atoms with E-state index in [9.17, 15) is 13.6 Å². The van der Waals surface area contributed by atoms with Gasteiger partial charge < -0.3 is 15.4 Å². The van der Waals surface area contributed by atoms with E-state index in [0.29, 0.717) is 26.1 Å². The number of amides is 1. The summed E-state index contributed by atoms with van der Waals surface area (Å²) in [4.78, 5) is 14.2. The average molecular weight is 348 g/mol. The first-order chi connectivity index (χ1) is 12.0. The van der Waals surface area contributed by atoms with Crippen molar-refractivity contribution < 1.29 is 18.3 Å². The molecule has 0 bridgehead atoms. The molecule has 2 N–H and O–H groups in total. The monoisotopic (exact) mass is 348 g/mol. The van der Waals surface area contributed by atoms with Crippen molar-refractivity contribution in [3.05, 3.63) is 65.7 Å². The van der Waals surface area contributed by atoms with E-state index in [4.69, 9.17) is 10.5 Å². The minimum absolute atomic E-state index is 0.107. The second-order valence-corrected chi connectivity index (χ2v) is 5.69. The molecule has 2 aromatic carbocycles. The summed E-state index contributed by atoms with van der Waals surface area (Å²) in [5.74, 6) is -2.11. The fraction of sp³-hybridized carbons (Fsp3) is 0.316. The van der Waals surface area contributed by atoms with Crippen molar-refractivity contribution in [2.45, 2.75) is 19.4 Å². The van der Waals surface area contributed by atoms with Crippen molar-refractivity contribution in [3.8, 4) is 5.75 Å². The first-order valence-electron chi connectivity index (χ1n) is 8.15. The number of carbonyl (C=O) groups is 1. The summed E-state index contributed by atoms with van der Waals surface area (Å²) in [6.45, 7) is 2.82. The first kappa shape index (κ1) is 18.9. The molecule has 2 aromatic rings. The van der Waals surface area contributed by atoms with Gasteiger partial charge in [-0.15, -0.1) is 0 Å². The van der Waals surface area contributed by atoms with Gasteiger partial charge in [0.05, 0.1) is 0 Å². The van der Waals surface area contributed by atoms with Crippen LogP contribution in [0.25, 0.3) is 0 Å². The Balaban J connectivity index is 1.98. The third-order valence-electron chi connectivity index (χ3n) is 3.78. The second-order valence-electron chi connectivity index (χ2n) is 5.69. The highest BCUT2D eigenvalue weighted by Crippen LogP contribution is 2.17. The van der Waals surface area contributed by atoms with Gasteiger partial charge in [0, 0.05) is 25.7 Å². The molecule has 6 heteroatoms. The summed E-state index contributed by atoms with van der Waals surface area (Å²) in [5, 5.41) is 0. The zero-order chi connectivity index (χ0) is 18.2. The molecule has 134 valence electrons. The second kappa shape index (κ2) is 9.13. The summed E-state index contributed by atoms with van der Waals surface area (Å²) in [6, 6.07) is 13.0. The molecule has 25 heavy (non-hydrogen) atoms. The average Bonchev–Trinajstić information content (AvgIpc) is 2.62. The van der Waals surface area contributed by atoms with Crippen molar-refractivity contribution in [2.24, 2.45) is 5.73 Å². The quantitative estimate of drug-likeness (QED) is 0.798. The predicted octanol–water partition coefficient (Wildman–Crippen LogP) is 2.76. The summed E-state index contributed by atoms with van der Waals surface area (Å²) < 4.78 is 31.7. The molecule has 0 heterocycles. The van der Waals surface area contributed by atoms with Crippen LogP contribution in [0.5, 0.6) is 5.75 Å². The van der Waals surface area contributed by atoms with Crippen molar-refractivity contribution >= 4 is 5.91 Å². The lowest BCUT2D eigenvalue weighted by atomic mass is 10.1. The summed E-state index contributed by atoms with van der Waals surface area (Å²) in [6.07, 6.45) is -0.128. The third-order valence-corrected chi connectivity index (χ3v) is 3.78. The summed E-state index contributed by atoms with van der Waals surface area (Å²) >= 11 is 0. The number of nitrogens with zero attached hydrogens (tertiary/aromatic N) is 1. The van der Waals surface area contributed by atoms with Gasteiger partial charge in [-0.3, -0.25) is 4.79 Å². The van der Waals surface area contributed by atoms with Crippen LogP contribution in [0.2, 0.25) is 0 Å². The Labute approximate surface area is 146 Å². The summed E-state index contributed by atoms with van der Waals surface area (Å²) in [5.41, 5.74) is 6.72. The van der Waals surface area contributed by atoms with Crippen LogP contribution in [0, 0.1) is 11.6 Å². The highest BCUT2D eigenvalue weighted by Gasteiger charge is 2.22. The zero-order valence-electron chi connectivity index (χ0n) is 14.1. The van der Waals surface area contributed by atoms with Crippen LogP contribution in [0.1, 0.15) is 12.5 Å². The van der Waals surface area contributed by atoms with Gasteiger partial charge in [0.2, 0.25) is 0 Å². The lowest BCUT2D eigenvalue weighted by Crippen LogP contribution is -2.43. The Morgan fingerprint density at radius 1 is 1.12 bits per heavy atom. The Kier molecular flexibility index (Phi) is 6.89. The van der Waals surface area contributed by atoms with E-state index >= 15 is 0 Å². The lowest BCUT2D eigenvalue weighted by Gasteiger charge is -2.26. The number of ether oxygens (including phenoxy) is 1. The van der Waals surface area contributed by atoms with Gasteiger partial charge in [-0.05, 0) is 31.0 Å². The largest absolute Gasteiger partial charge is 0.481 e. The number of hydrogen-bond acceptors (Lipinski definition) is 3. The Morgan fingerprint density at radius 3 is 2.48 bits per heavy atom. The minimum Gasteiger partial charge on any atom is -0.481 e. The molecule has 0 aliphatic rings. The van der Waals surface area contributed by atoms with Gasteiger partial charge in [-0.25, -0.2) is 8.78 Å². The molecule has 0 aliphatic heterocycles. The molecular formula is C19H22F2N2O2. The molecule has 1 atom stereocenters. The fourth-order valence-electron chi connectivity index (χ4n) is 2.46. The van der Waals surface area contributed by atoms with E-state index in [1.54, 1.807) is 11.8 Å². The van der Waals surface area contributed by atoms with Crippen LogP contribution in [-0.4, -0.2) is 36.5 Å². The third kappa shape index (κ3) is 5.53. The molecule has 0 saturated carbocycles. The molecule has 0 saturated heterocycles. The van der Waals surface area contributed by atoms with E-state index in [0.717, 1.165) is 17.7 Å². The molecule has 1 unspecified atom stereocenters. The standard InChI is InChI=1S/C19H22F2N2O2/c1-14(25-16-7-8-17(20)18(21)13-16)19(24)23(12-10-22)11-9-15-5-3-2-4-6-15/h2-8,13-14H,9-12,22H2,1H3. The van der Waals surface area contributed by atoms with E-state index in [1.165, 1.54) is 6.07 Å². The maximum absolute atomic E-state index is 13.3. The zero-order valence-corrected chi connectivity index (χ0v) is 14.1. The van der Waals surface area contributed by atoms with Crippen molar-refractivity contribution in [2.75, 3.05) is 19.6 Å². The van der Waals surface area contributed by atoms with E-state index in [2.05, 4.69) is 0 Å². The predicted molar refractivity (Wildman–Crippen MR) is 92.2 cm³/mol. The summed E-state index contributed by atoms with van der Waals surface area (Å²) in [7, 11) is 0. The number of halogens is 2. The number of benzene rings is 2. The molecule has 0 fully saturated rings. The molecule has 4 nitrogen and oxygen atoms in total. The van der Waals surface area contributed by atoms with Crippen LogP contribution in [0.4, 0.5) is 8.78 Å². The lowest BCUT2D eigenvalue weighted by molar-refractivity contribution is -0.137. The maximum Gasteiger partial charge on any atom is 0.263 e. The SMILES string of the molecule is CC(Oc1ccc(F)c(F)c1)C(=O)N(CCN)CCc1ccccc1. The molecule has 0 aliphatic carbocycles. The van der Waals surface area contributed by atoms with Gasteiger partial charge in [-0.2, -0.15) is 0 Å². The molecule has 0 radical (unpaired) electrons. The van der Waals surface area contributed by atoms with Gasteiger partial charge in [-0.1, -0.05) is 30.3 Å². The molecule has 0 spiro atoms. The molecule has 0 aromatic heterocycles. The van der Waals surface area contributed by atoms with E-state index < -0.39 is 17.7 Å². The molecular weight excluding hydrogens is 326 g/mol. The van der Waals surface area contributed by atoms with Gasteiger partial charge in [0.1, 0.15) is 5.75 Å². The first-order valence-corrected chi connectivity index (χ1v) is 8.15. The maximum atomic E-state index is 13.3.